The van der Waals surface area contributed by atoms with E-state index in [1.807, 2.05) is 0 Å². The van der Waals surface area contributed by atoms with Crippen molar-refractivity contribution in [1.82, 2.24) is 52.0 Å². The van der Waals surface area contributed by atoms with Gasteiger partial charge in [-0.05, 0) is 53.3 Å². The average molecular weight is 1360 g/mol. The summed E-state index contributed by atoms with van der Waals surface area (Å²) in [6.07, 6.45) is -3.86. The van der Waals surface area contributed by atoms with Gasteiger partial charge in [-0.15, -0.1) is 11.8 Å². The molecular weight excluding hydrogens is 1270 g/mol. The van der Waals surface area contributed by atoms with E-state index < -0.39 is 193 Å². The molecule has 30 heteroatoms. The molecule has 0 aliphatic carbocycles. The lowest BCUT2D eigenvalue weighted by Crippen LogP contribution is -2.56. The fourth-order valence-electron chi connectivity index (χ4n) is 12.0. The number of nitrogens with zero attached hydrogens (tertiary/aromatic N) is 2. The molecule has 4 aliphatic rings. The van der Waals surface area contributed by atoms with Crippen LogP contribution in [0, 0.1) is 35.5 Å². The molecule has 11 amide bonds. The van der Waals surface area contributed by atoms with Gasteiger partial charge in [0.2, 0.25) is 65.0 Å². The van der Waals surface area contributed by atoms with Gasteiger partial charge in [-0.2, -0.15) is 11.8 Å². The van der Waals surface area contributed by atoms with E-state index in [4.69, 9.17) is 0 Å². The minimum absolute atomic E-state index is 0.0542. The zero-order chi connectivity index (χ0) is 69.5. The van der Waals surface area contributed by atoms with Gasteiger partial charge in [0.05, 0.1) is 66.2 Å². The smallest absolute Gasteiger partial charge is 0.243 e. The molecule has 2 unspecified atom stereocenters. The molecule has 0 spiro atoms. The highest BCUT2D eigenvalue weighted by Crippen LogP contribution is 2.34. The number of anilines is 1. The lowest BCUT2D eigenvalue weighted by Gasteiger charge is -2.31. The summed E-state index contributed by atoms with van der Waals surface area (Å²) in [5.41, 5.74) is 1.87. The van der Waals surface area contributed by atoms with Crippen LogP contribution in [0.2, 0.25) is 0 Å². The lowest BCUT2D eigenvalue weighted by molar-refractivity contribution is -0.145. The molecule has 2 saturated heterocycles. The van der Waals surface area contributed by atoms with E-state index in [9.17, 15) is 72.9 Å². The molecule has 0 saturated carbocycles. The Kier molecular flexibility index (Phi) is 26.6. The first kappa shape index (κ1) is 74.3. The summed E-state index contributed by atoms with van der Waals surface area (Å²) < 4.78 is 0. The number of carbonyl (C=O) groups excluding carboxylic acids is 14. The molecule has 2 aromatic carbocycles. The number of Topliss-reactive ketones (excluding diaryl/α,β-unsaturated/α-hetero) is 3. The van der Waals surface area contributed by atoms with E-state index in [1.165, 1.54) is 18.7 Å². The van der Waals surface area contributed by atoms with Crippen molar-refractivity contribution in [3.05, 3.63) is 59.7 Å². The van der Waals surface area contributed by atoms with Crippen LogP contribution in [0.15, 0.2) is 53.6 Å². The number of H-pyrrole nitrogens is 1. The van der Waals surface area contributed by atoms with Crippen LogP contribution >= 0.6 is 23.5 Å². The Morgan fingerprint density at radius 2 is 1.46 bits per heavy atom. The Morgan fingerprint density at radius 3 is 2.13 bits per heavy atom. The van der Waals surface area contributed by atoms with Crippen LogP contribution in [0.4, 0.5) is 5.69 Å². The van der Waals surface area contributed by atoms with E-state index in [0.29, 0.717) is 39.2 Å². The molecule has 1 aromatic heterocycles. The van der Waals surface area contributed by atoms with Crippen LogP contribution < -0.4 is 42.5 Å². The first-order valence-electron chi connectivity index (χ1n) is 32.0. The zero-order valence-corrected chi connectivity index (χ0v) is 55.9. The van der Waals surface area contributed by atoms with Crippen LogP contribution in [0.3, 0.4) is 0 Å². The number of para-hydroxylation sites is 1. The number of aromatic nitrogens is 1. The summed E-state index contributed by atoms with van der Waals surface area (Å²) in [4.78, 5) is 200. The highest BCUT2D eigenvalue weighted by molar-refractivity contribution is 8.00. The average Bonchev–Trinajstić information content (AvgIpc) is 1.77. The number of benzene rings is 2. The second-order valence-corrected chi connectivity index (χ2v) is 27.4. The van der Waals surface area contributed by atoms with Crippen molar-refractivity contribution in [3.8, 4) is 0 Å². The van der Waals surface area contributed by atoms with Gasteiger partial charge in [0.1, 0.15) is 12.1 Å². The molecule has 2 fully saturated rings. The Morgan fingerprint density at radius 1 is 0.779 bits per heavy atom. The van der Waals surface area contributed by atoms with Gasteiger partial charge in [-0.3, -0.25) is 72.0 Å². The normalized spacial score (nSPS) is 24.7. The second kappa shape index (κ2) is 34.1. The third kappa shape index (κ3) is 19.6. The number of ketones is 3. The first-order valence-corrected chi connectivity index (χ1v) is 34.2. The van der Waals surface area contributed by atoms with Crippen molar-refractivity contribution in [2.45, 2.75) is 159 Å². The van der Waals surface area contributed by atoms with Gasteiger partial charge in [-0.25, -0.2) is 0 Å². The molecule has 516 valence electrons. The highest BCUT2D eigenvalue weighted by Gasteiger charge is 2.46. The van der Waals surface area contributed by atoms with Crippen LogP contribution in [0.25, 0.3) is 10.9 Å². The molecule has 3 aromatic rings. The fourth-order valence-corrected chi connectivity index (χ4v) is 13.8. The number of aromatic amines is 1. The van der Waals surface area contributed by atoms with Crippen LogP contribution in [0.1, 0.15) is 104 Å². The number of thioether (sulfide) groups is 2. The van der Waals surface area contributed by atoms with Crippen LogP contribution in [-0.2, 0) is 80.1 Å². The van der Waals surface area contributed by atoms with E-state index in [1.54, 1.807) is 89.4 Å². The van der Waals surface area contributed by atoms with Crippen LogP contribution in [-0.4, -0.2) is 205 Å². The Labute approximate surface area is 558 Å². The minimum Gasteiger partial charge on any atom is -0.394 e. The van der Waals surface area contributed by atoms with Gasteiger partial charge in [-0.1, -0.05) is 78.3 Å². The van der Waals surface area contributed by atoms with Crippen molar-refractivity contribution in [1.29, 1.82) is 0 Å². The third-order valence-corrected chi connectivity index (χ3v) is 20.1. The first-order chi connectivity index (χ1) is 45.1. The molecule has 12 N–H and O–H groups in total. The SMILES string of the molecule is CC[C@H](C)[C@@H]1NC(=O)CNC(=O)[C@@H]2Cc3c([nH]c4ccccc34)SC[C@H](NC(=O)CNC1=O)C(=O)C[C@@H](CC(=O)NCc1ccc(NC(=O)[C@H](C)CC(=O)C(NC(=O)CCN3C(=O)CC(SC)C3=O)C(C)C)cc1)C(=O)N1C[C@H](O)C[C@H]1C(=O)C[C@@H]([C@@H](C)[C@@H](O)CO)C(=O)N2. The number of aliphatic hydroxyl groups is 3. The Bertz CT molecular complexity index is 3400. The van der Waals surface area contributed by atoms with E-state index in [-0.39, 0.29) is 68.7 Å². The summed E-state index contributed by atoms with van der Waals surface area (Å²) in [5, 5.41) is 54.1. The third-order valence-electron chi connectivity index (χ3n) is 18.0. The molecule has 4 aliphatic heterocycles. The minimum atomic E-state index is -1.58. The maximum Gasteiger partial charge on any atom is 0.243 e. The monoisotopic (exact) mass is 1360 g/mol. The topological polar surface area (TPSA) is 418 Å². The summed E-state index contributed by atoms with van der Waals surface area (Å²) in [7, 11) is 0. The number of likely N-dealkylation sites (tertiary alicyclic amines) is 1. The number of imide groups is 1. The molecule has 0 radical (unpaired) electrons. The largest absolute Gasteiger partial charge is 0.394 e. The van der Waals surface area contributed by atoms with Crippen molar-refractivity contribution in [2.24, 2.45) is 35.5 Å². The highest BCUT2D eigenvalue weighted by atomic mass is 32.2. The zero-order valence-electron chi connectivity index (χ0n) is 54.3. The number of carbonyl (C=O) groups is 14. The lowest BCUT2D eigenvalue weighted by atomic mass is 9.83. The number of amides is 11. The second-order valence-electron chi connectivity index (χ2n) is 25.3. The van der Waals surface area contributed by atoms with Crippen LogP contribution in [0.5, 0.6) is 0 Å². The predicted octanol–water partition coefficient (Wildman–Crippen LogP) is -0.0738. The van der Waals surface area contributed by atoms with Crippen molar-refractivity contribution in [2.75, 3.05) is 50.1 Å². The maximum absolute atomic E-state index is 15.1. The number of fused-ring (bicyclic) bond motifs is 5. The molecule has 13 atom stereocenters. The summed E-state index contributed by atoms with van der Waals surface area (Å²) in [6, 6.07) is 6.68. The number of aliphatic hydroxyl groups excluding tert-OH is 3. The van der Waals surface area contributed by atoms with Gasteiger partial charge in [0.15, 0.2) is 17.3 Å². The van der Waals surface area contributed by atoms with E-state index >= 15 is 9.59 Å². The standard InChI is InChI=1S/C65H87N11O17S2/c1-8-33(4)58-62(91)68-27-54(85)70-45-31-95-63-42(40-11-9-10-12-43(40)72-63)23-44(61(90)67-28-55(86)74-58)71-60(89)41(35(6)50(82)30-77)24-48(80)46-22-39(78)29-76(46)64(92)37(20-47(45)79)21-53(84)66-26-36-13-15-38(16-14-36)69-59(88)34(5)19-49(81)57(32(2)3)73-52(83)17-18-75-56(87)25-51(94-7)65(75)93/h9-16,32-35,37,39,41,44-46,50-51,57-58,72,77-78,82H,8,17-31H2,1-7H3,(H,66,84)(H,67,90)(H,68,91)(H,69,88)(H,70,85)(H,71,89)(H,73,83)(H,74,86)/t33-,34+,35+,37-,39+,41-,44-,45-,46-,50-,51?,57?,58-/m0/s1. The van der Waals surface area contributed by atoms with Gasteiger partial charge >= 0.3 is 0 Å². The number of hydrogen-bond acceptors (Lipinski definition) is 19. The Hall–Kier alpha value is -8.06. The predicted molar refractivity (Wildman–Crippen MR) is 349 cm³/mol. The number of rotatable bonds is 20. The molecule has 5 heterocycles. The van der Waals surface area contributed by atoms with Gasteiger partial charge in [0.25, 0.3) is 0 Å². The fraction of sp³-hybridized carbons (Fsp3) is 0.569. The molecule has 95 heavy (non-hydrogen) atoms. The molecule has 7 rings (SSSR count). The molecule has 2 bridgehead atoms. The molecule has 28 nitrogen and oxygen atoms in total. The summed E-state index contributed by atoms with van der Waals surface area (Å²) >= 11 is 2.30. The van der Waals surface area contributed by atoms with Gasteiger partial charge < -0.3 is 67.7 Å². The summed E-state index contributed by atoms with van der Waals surface area (Å²) in [6.45, 7) is 6.99. The van der Waals surface area contributed by atoms with Gasteiger partial charge in [0, 0.05) is 105 Å². The summed E-state index contributed by atoms with van der Waals surface area (Å²) in [5.74, 6) is -15.7. The quantitative estimate of drug-likeness (QED) is 0.0659. The van der Waals surface area contributed by atoms with Crippen molar-refractivity contribution >= 4 is 122 Å². The maximum atomic E-state index is 15.1. The molecular formula is C65H87N11O17S2. The number of hydrogen-bond donors (Lipinski definition) is 12. The van der Waals surface area contributed by atoms with Crippen molar-refractivity contribution in [3.63, 3.8) is 0 Å². The number of nitrogens with one attached hydrogen (secondary N) is 9. The van der Waals surface area contributed by atoms with E-state index in [2.05, 4.69) is 47.5 Å². The van der Waals surface area contributed by atoms with E-state index in [0.717, 1.165) is 21.6 Å². The van der Waals surface area contributed by atoms with Crippen molar-refractivity contribution < 1.29 is 82.4 Å². The Balaban J connectivity index is 1.13.